The number of nitrogens with zero attached hydrogens (tertiary/aromatic N) is 3. The van der Waals surface area contributed by atoms with E-state index < -0.39 is 0 Å². The SMILES string of the molecule is CCCNc1cn2ccnc2c(NCC2CC2(C)C)n1. The summed E-state index contributed by atoms with van der Waals surface area (Å²) in [5.41, 5.74) is 1.38. The maximum absolute atomic E-state index is 4.65. The first-order valence-electron chi connectivity index (χ1n) is 7.41. The maximum atomic E-state index is 4.65. The van der Waals surface area contributed by atoms with Crippen LogP contribution in [0.1, 0.15) is 33.6 Å². The van der Waals surface area contributed by atoms with Crippen LogP contribution in [-0.2, 0) is 0 Å². The van der Waals surface area contributed by atoms with Crippen molar-refractivity contribution < 1.29 is 0 Å². The van der Waals surface area contributed by atoms with Gasteiger partial charge in [0, 0.05) is 25.5 Å². The van der Waals surface area contributed by atoms with Crippen LogP contribution in [0.3, 0.4) is 0 Å². The third kappa shape index (κ3) is 2.57. The van der Waals surface area contributed by atoms with Gasteiger partial charge >= 0.3 is 0 Å². The first kappa shape index (κ1) is 13.2. The molecule has 108 valence electrons. The molecule has 1 aliphatic carbocycles. The Balaban J connectivity index is 1.78. The second kappa shape index (κ2) is 4.96. The monoisotopic (exact) mass is 273 g/mol. The van der Waals surface area contributed by atoms with Gasteiger partial charge in [-0.05, 0) is 24.2 Å². The van der Waals surface area contributed by atoms with E-state index in [1.807, 2.05) is 23.0 Å². The Labute approximate surface area is 119 Å². The molecule has 2 aromatic heterocycles. The van der Waals surface area contributed by atoms with Gasteiger partial charge in [0.25, 0.3) is 0 Å². The Morgan fingerprint density at radius 3 is 2.90 bits per heavy atom. The lowest BCUT2D eigenvalue weighted by Crippen LogP contribution is -2.11. The molecule has 2 heterocycles. The van der Waals surface area contributed by atoms with Gasteiger partial charge in [0.05, 0.1) is 6.20 Å². The van der Waals surface area contributed by atoms with Crippen LogP contribution < -0.4 is 10.6 Å². The number of nitrogens with one attached hydrogen (secondary N) is 2. The largest absolute Gasteiger partial charge is 0.369 e. The van der Waals surface area contributed by atoms with Crippen molar-refractivity contribution in [2.24, 2.45) is 11.3 Å². The molecule has 0 bridgehead atoms. The standard InChI is InChI=1S/C15H23N5/c1-4-5-16-12-10-20-7-6-17-14(20)13(19-12)18-9-11-8-15(11,2)3/h6-7,10-11,16H,4-5,8-9H2,1-3H3,(H,18,19). The average molecular weight is 273 g/mol. The molecule has 0 aromatic carbocycles. The van der Waals surface area contributed by atoms with E-state index in [9.17, 15) is 0 Å². The quantitative estimate of drug-likeness (QED) is 0.849. The highest BCUT2D eigenvalue weighted by molar-refractivity contribution is 5.65. The van der Waals surface area contributed by atoms with Crippen molar-refractivity contribution >= 4 is 17.3 Å². The lowest BCUT2D eigenvalue weighted by Gasteiger charge is -2.11. The van der Waals surface area contributed by atoms with Crippen LogP contribution in [-0.4, -0.2) is 27.5 Å². The fourth-order valence-electron chi connectivity index (χ4n) is 2.53. The van der Waals surface area contributed by atoms with Gasteiger partial charge < -0.3 is 15.0 Å². The first-order chi connectivity index (χ1) is 9.60. The van der Waals surface area contributed by atoms with Gasteiger partial charge in [0.15, 0.2) is 11.5 Å². The van der Waals surface area contributed by atoms with Gasteiger partial charge in [-0.2, -0.15) is 0 Å². The summed E-state index contributed by atoms with van der Waals surface area (Å²) in [4.78, 5) is 9.04. The Bertz CT molecular complexity index is 601. The van der Waals surface area contributed by atoms with Gasteiger partial charge in [0.1, 0.15) is 5.82 Å². The van der Waals surface area contributed by atoms with Crippen LogP contribution in [0, 0.1) is 11.3 Å². The second-order valence-corrected chi connectivity index (χ2v) is 6.33. The van der Waals surface area contributed by atoms with Gasteiger partial charge in [-0.1, -0.05) is 20.8 Å². The van der Waals surface area contributed by atoms with E-state index in [-0.39, 0.29) is 0 Å². The van der Waals surface area contributed by atoms with Crippen molar-refractivity contribution in [3.05, 3.63) is 18.6 Å². The molecule has 5 heteroatoms. The fraction of sp³-hybridized carbons (Fsp3) is 0.600. The summed E-state index contributed by atoms with van der Waals surface area (Å²) in [5.74, 6) is 2.51. The molecule has 0 amide bonds. The second-order valence-electron chi connectivity index (χ2n) is 6.33. The van der Waals surface area contributed by atoms with E-state index in [0.717, 1.165) is 42.7 Å². The lowest BCUT2D eigenvalue weighted by molar-refractivity contribution is 0.573. The van der Waals surface area contributed by atoms with E-state index in [1.165, 1.54) is 6.42 Å². The minimum absolute atomic E-state index is 0.483. The van der Waals surface area contributed by atoms with Gasteiger partial charge in [-0.15, -0.1) is 0 Å². The molecule has 3 rings (SSSR count). The molecule has 0 aliphatic heterocycles. The number of aromatic nitrogens is 3. The summed E-state index contributed by atoms with van der Waals surface area (Å²) in [5, 5.41) is 6.81. The molecule has 2 N–H and O–H groups in total. The molecule has 1 unspecified atom stereocenters. The number of rotatable bonds is 6. The van der Waals surface area contributed by atoms with E-state index in [4.69, 9.17) is 0 Å². The summed E-state index contributed by atoms with van der Waals surface area (Å²) >= 11 is 0. The summed E-state index contributed by atoms with van der Waals surface area (Å²) in [7, 11) is 0. The molecule has 0 radical (unpaired) electrons. The smallest absolute Gasteiger partial charge is 0.180 e. The maximum Gasteiger partial charge on any atom is 0.180 e. The highest BCUT2D eigenvalue weighted by Gasteiger charge is 2.45. The summed E-state index contributed by atoms with van der Waals surface area (Å²) in [6, 6.07) is 0. The molecular formula is C15H23N5. The van der Waals surface area contributed by atoms with Crippen molar-refractivity contribution in [1.82, 2.24) is 14.4 Å². The summed E-state index contributed by atoms with van der Waals surface area (Å²) < 4.78 is 2.02. The number of imidazole rings is 1. The lowest BCUT2D eigenvalue weighted by atomic mass is 10.1. The predicted octanol–water partition coefficient (Wildman–Crippen LogP) is 3.01. The van der Waals surface area contributed by atoms with Crippen LogP contribution in [0.4, 0.5) is 11.6 Å². The van der Waals surface area contributed by atoms with Crippen LogP contribution in [0.5, 0.6) is 0 Å². The Morgan fingerprint density at radius 1 is 1.40 bits per heavy atom. The molecule has 0 spiro atoms. The van der Waals surface area contributed by atoms with Crippen LogP contribution >= 0.6 is 0 Å². The Kier molecular flexibility index (Phi) is 3.28. The molecule has 5 nitrogen and oxygen atoms in total. The number of fused-ring (bicyclic) bond motifs is 1. The molecule has 1 aliphatic rings. The van der Waals surface area contributed by atoms with Crippen molar-refractivity contribution in [2.45, 2.75) is 33.6 Å². The Morgan fingerprint density at radius 2 is 2.20 bits per heavy atom. The third-order valence-corrected chi connectivity index (χ3v) is 4.16. The molecule has 1 saturated carbocycles. The minimum Gasteiger partial charge on any atom is -0.369 e. The third-order valence-electron chi connectivity index (χ3n) is 4.16. The van der Waals surface area contributed by atoms with Crippen molar-refractivity contribution in [1.29, 1.82) is 0 Å². The zero-order chi connectivity index (χ0) is 14.2. The highest BCUT2D eigenvalue weighted by atomic mass is 15.1. The molecule has 1 fully saturated rings. The topological polar surface area (TPSA) is 54.2 Å². The fourth-order valence-corrected chi connectivity index (χ4v) is 2.53. The molecule has 20 heavy (non-hydrogen) atoms. The van der Waals surface area contributed by atoms with E-state index in [2.05, 4.69) is 41.4 Å². The molecule has 1 atom stereocenters. The number of anilines is 2. The van der Waals surface area contributed by atoms with Crippen LogP contribution in [0.25, 0.3) is 5.65 Å². The van der Waals surface area contributed by atoms with Gasteiger partial charge in [-0.25, -0.2) is 9.97 Å². The highest BCUT2D eigenvalue weighted by Crippen LogP contribution is 2.51. The normalized spacial score (nSPS) is 20.1. The zero-order valence-electron chi connectivity index (χ0n) is 12.5. The van der Waals surface area contributed by atoms with Crippen LogP contribution in [0.2, 0.25) is 0 Å². The summed E-state index contributed by atoms with van der Waals surface area (Å²) in [6.07, 6.45) is 8.14. The van der Waals surface area contributed by atoms with E-state index >= 15 is 0 Å². The number of hydrogen-bond donors (Lipinski definition) is 2. The van der Waals surface area contributed by atoms with Gasteiger partial charge in [-0.3, -0.25) is 0 Å². The van der Waals surface area contributed by atoms with E-state index in [1.54, 1.807) is 0 Å². The van der Waals surface area contributed by atoms with Crippen molar-refractivity contribution in [2.75, 3.05) is 23.7 Å². The first-order valence-corrected chi connectivity index (χ1v) is 7.41. The van der Waals surface area contributed by atoms with Crippen LogP contribution in [0.15, 0.2) is 18.6 Å². The van der Waals surface area contributed by atoms with Crippen molar-refractivity contribution in [3.8, 4) is 0 Å². The van der Waals surface area contributed by atoms with Crippen molar-refractivity contribution in [3.63, 3.8) is 0 Å². The van der Waals surface area contributed by atoms with Gasteiger partial charge in [0.2, 0.25) is 0 Å². The molecular weight excluding hydrogens is 250 g/mol. The average Bonchev–Trinajstić information content (AvgIpc) is 2.84. The predicted molar refractivity (Wildman–Crippen MR) is 82.1 cm³/mol. The Hall–Kier alpha value is -1.78. The molecule has 2 aromatic rings. The van der Waals surface area contributed by atoms with E-state index in [0.29, 0.717) is 5.41 Å². The summed E-state index contributed by atoms with van der Waals surface area (Å²) in [6.45, 7) is 8.69. The zero-order valence-corrected chi connectivity index (χ0v) is 12.5. The number of hydrogen-bond acceptors (Lipinski definition) is 4. The minimum atomic E-state index is 0.483. The molecule has 0 saturated heterocycles.